The van der Waals surface area contributed by atoms with Crippen LogP contribution in [-0.2, 0) is 0 Å². The molecule has 0 aliphatic heterocycles. The summed E-state index contributed by atoms with van der Waals surface area (Å²) in [6.45, 7) is 3.87. The van der Waals surface area contributed by atoms with Crippen molar-refractivity contribution in [3.8, 4) is 0 Å². The third-order valence-electron chi connectivity index (χ3n) is 1.88. The molecule has 1 aliphatic rings. The van der Waals surface area contributed by atoms with Gasteiger partial charge in [0.2, 0.25) is 0 Å². The van der Waals surface area contributed by atoms with Gasteiger partial charge < -0.3 is 6.92 Å². The first-order valence-electron chi connectivity index (χ1n) is 3.22. The Morgan fingerprint density at radius 2 is 1.75 bits per heavy atom. The molecule has 1 rings (SSSR count). The topological polar surface area (TPSA) is 0 Å². The van der Waals surface area contributed by atoms with Crippen molar-refractivity contribution >= 4 is 0 Å². The quantitative estimate of drug-likeness (QED) is 0.334. The van der Waals surface area contributed by atoms with Gasteiger partial charge >= 0.3 is 51.4 Å². The summed E-state index contributed by atoms with van der Waals surface area (Å²) in [6.07, 6.45) is 6.98. The predicted molar refractivity (Wildman–Crippen MR) is 31.9 cm³/mol. The Bertz CT molecular complexity index is 46.3. The molecule has 1 fully saturated rings. The summed E-state index contributed by atoms with van der Waals surface area (Å²) in [6, 6.07) is 0. The van der Waals surface area contributed by atoms with Crippen LogP contribution in [0.4, 0.5) is 0 Å². The van der Waals surface area contributed by atoms with Gasteiger partial charge in [-0.1, -0.05) is 31.6 Å². The Morgan fingerprint density at radius 3 is 2.00 bits per heavy atom. The third-order valence-corrected chi connectivity index (χ3v) is 1.88. The van der Waals surface area contributed by atoms with E-state index in [4.69, 9.17) is 0 Å². The zero-order chi connectivity index (χ0) is 5.11. The first kappa shape index (κ1) is 9.64. The summed E-state index contributed by atoms with van der Waals surface area (Å²) in [4.78, 5) is 0. The minimum Gasteiger partial charge on any atom is -0.343 e. The van der Waals surface area contributed by atoms with Crippen LogP contribution < -0.4 is 51.4 Å². The van der Waals surface area contributed by atoms with E-state index in [0.717, 1.165) is 5.92 Å². The van der Waals surface area contributed by atoms with Crippen molar-refractivity contribution in [3.63, 3.8) is 0 Å². The largest absolute Gasteiger partial charge is 1.00 e. The van der Waals surface area contributed by atoms with Crippen LogP contribution in [0.25, 0.3) is 0 Å². The maximum atomic E-state index is 3.87. The van der Waals surface area contributed by atoms with Gasteiger partial charge in [0, 0.05) is 0 Å². The standard InChI is InChI=1S/C7H13.K/c1-2-7-5-3-4-6-7;/h7H,1-6H2;/q-1;+1. The fourth-order valence-corrected chi connectivity index (χ4v) is 1.30. The van der Waals surface area contributed by atoms with Gasteiger partial charge in [-0.25, -0.2) is 0 Å². The van der Waals surface area contributed by atoms with Crippen molar-refractivity contribution < 1.29 is 51.4 Å². The van der Waals surface area contributed by atoms with E-state index < -0.39 is 0 Å². The SMILES string of the molecule is [CH2-]CC1CCCC1.[K+]. The van der Waals surface area contributed by atoms with Crippen molar-refractivity contribution in [2.75, 3.05) is 0 Å². The molecular weight excluding hydrogens is 123 g/mol. The van der Waals surface area contributed by atoms with Crippen molar-refractivity contribution in [1.82, 2.24) is 0 Å². The number of rotatable bonds is 1. The van der Waals surface area contributed by atoms with Gasteiger partial charge in [0.25, 0.3) is 0 Å². The van der Waals surface area contributed by atoms with Gasteiger partial charge in [-0.05, 0) is 0 Å². The molecule has 0 heterocycles. The van der Waals surface area contributed by atoms with Crippen molar-refractivity contribution in [1.29, 1.82) is 0 Å². The fraction of sp³-hybridized carbons (Fsp3) is 0.857. The van der Waals surface area contributed by atoms with Gasteiger partial charge in [-0.15, -0.1) is 0 Å². The summed E-state index contributed by atoms with van der Waals surface area (Å²) in [5.41, 5.74) is 0. The monoisotopic (exact) mass is 136 g/mol. The Labute approximate surface area is 94.8 Å². The number of hydrogen-bond donors (Lipinski definition) is 0. The van der Waals surface area contributed by atoms with Crippen LogP contribution in [0.3, 0.4) is 0 Å². The first-order chi connectivity index (χ1) is 3.43. The second-order valence-electron chi connectivity index (χ2n) is 2.44. The van der Waals surface area contributed by atoms with Gasteiger partial charge in [-0.2, -0.15) is 6.42 Å². The van der Waals surface area contributed by atoms with Gasteiger partial charge in [0.05, 0.1) is 0 Å². The van der Waals surface area contributed by atoms with Crippen LogP contribution in [0.1, 0.15) is 32.1 Å². The molecule has 0 amide bonds. The van der Waals surface area contributed by atoms with Crippen LogP contribution >= 0.6 is 0 Å². The normalized spacial score (nSPS) is 20.6. The van der Waals surface area contributed by atoms with Gasteiger partial charge in [0.1, 0.15) is 0 Å². The van der Waals surface area contributed by atoms with Crippen molar-refractivity contribution in [2.45, 2.75) is 32.1 Å². The number of hydrogen-bond acceptors (Lipinski definition) is 0. The summed E-state index contributed by atoms with van der Waals surface area (Å²) in [5, 5.41) is 0. The average molecular weight is 136 g/mol. The second-order valence-corrected chi connectivity index (χ2v) is 2.44. The van der Waals surface area contributed by atoms with Crippen LogP contribution in [0.2, 0.25) is 0 Å². The maximum absolute atomic E-state index is 3.87. The van der Waals surface area contributed by atoms with Gasteiger partial charge in [0.15, 0.2) is 0 Å². The third kappa shape index (κ3) is 2.97. The Morgan fingerprint density at radius 1 is 1.25 bits per heavy atom. The first-order valence-corrected chi connectivity index (χ1v) is 3.22. The van der Waals surface area contributed by atoms with Crippen molar-refractivity contribution in [3.05, 3.63) is 6.92 Å². The molecule has 0 unspecified atom stereocenters. The fourth-order valence-electron chi connectivity index (χ4n) is 1.30. The van der Waals surface area contributed by atoms with Crippen LogP contribution in [0, 0.1) is 12.8 Å². The molecule has 0 aromatic heterocycles. The Balaban J connectivity index is 0.000000490. The summed E-state index contributed by atoms with van der Waals surface area (Å²) in [5.74, 6) is 0.986. The molecule has 1 heteroatoms. The summed E-state index contributed by atoms with van der Waals surface area (Å²) < 4.78 is 0. The minimum absolute atomic E-state index is 0. The van der Waals surface area contributed by atoms with E-state index in [1.54, 1.807) is 0 Å². The van der Waals surface area contributed by atoms with Crippen LogP contribution in [0.15, 0.2) is 0 Å². The average Bonchev–Trinajstić information content (AvgIpc) is 2.14. The molecular formula is C7H13K. The van der Waals surface area contributed by atoms with Crippen LogP contribution in [-0.4, -0.2) is 0 Å². The van der Waals surface area contributed by atoms with E-state index in [-0.39, 0.29) is 51.4 Å². The molecule has 1 saturated carbocycles. The van der Waals surface area contributed by atoms with E-state index in [2.05, 4.69) is 6.92 Å². The maximum Gasteiger partial charge on any atom is 1.00 e. The predicted octanol–water partition coefficient (Wildman–Crippen LogP) is -0.595. The molecule has 0 saturated heterocycles. The molecule has 0 radical (unpaired) electrons. The molecule has 0 aromatic carbocycles. The van der Waals surface area contributed by atoms with E-state index >= 15 is 0 Å². The molecule has 0 bridgehead atoms. The van der Waals surface area contributed by atoms with Crippen LogP contribution in [0.5, 0.6) is 0 Å². The molecule has 0 spiro atoms. The van der Waals surface area contributed by atoms with E-state index in [1.807, 2.05) is 0 Å². The van der Waals surface area contributed by atoms with E-state index in [0.29, 0.717) is 0 Å². The Hall–Kier alpha value is 1.64. The molecule has 8 heavy (non-hydrogen) atoms. The zero-order valence-corrected chi connectivity index (χ0v) is 8.94. The van der Waals surface area contributed by atoms with Crippen molar-refractivity contribution in [2.24, 2.45) is 5.92 Å². The summed E-state index contributed by atoms with van der Waals surface area (Å²) in [7, 11) is 0. The summed E-state index contributed by atoms with van der Waals surface area (Å²) >= 11 is 0. The zero-order valence-electron chi connectivity index (χ0n) is 5.82. The molecule has 0 nitrogen and oxygen atoms in total. The molecule has 42 valence electrons. The van der Waals surface area contributed by atoms with Gasteiger partial charge in [-0.3, -0.25) is 0 Å². The van der Waals surface area contributed by atoms with E-state index in [9.17, 15) is 0 Å². The Kier molecular flexibility index (Phi) is 6.53. The smallest absolute Gasteiger partial charge is 0.343 e. The second kappa shape index (κ2) is 5.42. The molecule has 0 aromatic rings. The minimum atomic E-state index is 0. The molecule has 0 N–H and O–H groups in total. The molecule has 1 aliphatic carbocycles. The molecule has 0 atom stereocenters. The van der Waals surface area contributed by atoms with E-state index in [1.165, 1.54) is 32.1 Å².